The number of rotatable bonds is 6. The first kappa shape index (κ1) is 18.0. The fourth-order valence-electron chi connectivity index (χ4n) is 3.12. The first-order chi connectivity index (χ1) is 12.5. The fourth-order valence-corrected chi connectivity index (χ4v) is 3.12. The van der Waals surface area contributed by atoms with Gasteiger partial charge in [-0.3, -0.25) is 0 Å². The van der Waals surface area contributed by atoms with Crippen molar-refractivity contribution in [1.82, 2.24) is 14.8 Å². The quantitative estimate of drug-likeness (QED) is 0.685. The van der Waals surface area contributed by atoms with Gasteiger partial charge in [0.25, 0.3) is 0 Å². The number of hydrogen-bond acceptors (Lipinski definition) is 3. The number of aryl methyl sites for hydroxylation is 2. The molecule has 0 atom stereocenters. The van der Waals surface area contributed by atoms with Crippen LogP contribution in [0.3, 0.4) is 0 Å². The summed E-state index contributed by atoms with van der Waals surface area (Å²) in [5.41, 5.74) is 5.52. The van der Waals surface area contributed by atoms with Crippen LogP contribution in [0.15, 0.2) is 55.1 Å². The lowest BCUT2D eigenvalue weighted by atomic mass is 9.48. The molecular weight excluding hydrogens is 319 g/mol. The lowest BCUT2D eigenvalue weighted by Crippen LogP contribution is -2.27. The molecule has 26 heavy (non-hydrogen) atoms. The van der Waals surface area contributed by atoms with Crippen molar-refractivity contribution >= 4 is 23.6 Å². The normalized spacial score (nSPS) is 10.6. The van der Waals surface area contributed by atoms with Gasteiger partial charge in [0.2, 0.25) is 0 Å². The third kappa shape index (κ3) is 3.72. The highest BCUT2D eigenvalue weighted by Gasteiger charge is 2.14. The van der Waals surface area contributed by atoms with E-state index in [2.05, 4.69) is 60.7 Å². The first-order valence-corrected chi connectivity index (χ1v) is 9.05. The van der Waals surface area contributed by atoms with Crippen LogP contribution >= 0.6 is 0 Å². The maximum absolute atomic E-state index is 4.66. The Kier molecular flexibility index (Phi) is 5.26. The molecule has 0 aliphatic carbocycles. The second-order valence-electron chi connectivity index (χ2n) is 6.77. The van der Waals surface area contributed by atoms with Crippen LogP contribution in [0.25, 0.3) is 17.1 Å². The van der Waals surface area contributed by atoms with Crippen LogP contribution in [0, 0.1) is 0 Å². The topological polar surface area (TPSA) is 42.7 Å². The molecule has 4 nitrogen and oxygen atoms in total. The van der Waals surface area contributed by atoms with Gasteiger partial charge in [0.1, 0.15) is 0 Å². The summed E-state index contributed by atoms with van der Waals surface area (Å²) in [5.74, 6) is 1.43. The van der Waals surface area contributed by atoms with Crippen LogP contribution in [0.2, 0.25) is 13.6 Å². The molecule has 0 aliphatic rings. The molecule has 1 aromatic heterocycles. The van der Waals surface area contributed by atoms with E-state index in [4.69, 9.17) is 0 Å². The molecule has 0 spiro atoms. The Morgan fingerprint density at radius 1 is 1.15 bits per heavy atom. The Morgan fingerprint density at radius 2 is 1.88 bits per heavy atom. The summed E-state index contributed by atoms with van der Waals surface area (Å²) in [6.45, 7) is 11.3. The van der Waals surface area contributed by atoms with Gasteiger partial charge >= 0.3 is 0 Å². The summed E-state index contributed by atoms with van der Waals surface area (Å²) in [7, 11) is 1.89. The maximum Gasteiger partial charge on any atom is 0.181 e. The Bertz CT molecular complexity index is 913. The number of anilines is 1. The van der Waals surface area contributed by atoms with Gasteiger partial charge in [-0.1, -0.05) is 74.6 Å². The first-order valence-electron chi connectivity index (χ1n) is 9.05. The van der Waals surface area contributed by atoms with Crippen LogP contribution in [0.4, 0.5) is 5.69 Å². The van der Waals surface area contributed by atoms with E-state index in [-0.39, 0.29) is 0 Å². The van der Waals surface area contributed by atoms with E-state index in [1.54, 1.807) is 4.68 Å². The van der Waals surface area contributed by atoms with Crippen LogP contribution in [0.1, 0.15) is 18.3 Å². The summed E-state index contributed by atoms with van der Waals surface area (Å²) < 4.78 is 1.77. The summed E-state index contributed by atoms with van der Waals surface area (Å²) >= 11 is 0. The molecule has 2 aromatic carbocycles. The van der Waals surface area contributed by atoms with Gasteiger partial charge in [-0.25, -0.2) is 9.67 Å². The number of hydrogen-bond donors (Lipinski definition) is 1. The van der Waals surface area contributed by atoms with E-state index >= 15 is 0 Å². The molecule has 5 heteroatoms. The number of aromatic nitrogens is 3. The summed E-state index contributed by atoms with van der Waals surface area (Å²) in [4.78, 5) is 4.66. The predicted molar refractivity (Wildman–Crippen MR) is 112 cm³/mol. The van der Waals surface area contributed by atoms with Crippen molar-refractivity contribution in [3.8, 4) is 11.4 Å². The molecule has 0 saturated carbocycles. The van der Waals surface area contributed by atoms with Crippen LogP contribution in [-0.2, 0) is 13.5 Å². The molecule has 0 amide bonds. The second-order valence-corrected chi connectivity index (χ2v) is 6.77. The van der Waals surface area contributed by atoms with Crippen molar-refractivity contribution < 1.29 is 0 Å². The number of nitrogens with zero attached hydrogens (tertiary/aromatic N) is 3. The molecule has 0 aliphatic heterocycles. The largest absolute Gasteiger partial charge is 0.353 e. The highest BCUT2D eigenvalue weighted by atomic mass is 15.3. The van der Waals surface area contributed by atoms with Crippen molar-refractivity contribution in [3.63, 3.8) is 0 Å². The lowest BCUT2D eigenvalue weighted by Gasteiger charge is -2.14. The lowest BCUT2D eigenvalue weighted by molar-refractivity contribution is 0.755. The van der Waals surface area contributed by atoms with E-state index in [1.807, 2.05) is 37.4 Å². The Morgan fingerprint density at radius 3 is 2.54 bits per heavy atom. The minimum Gasteiger partial charge on any atom is -0.353 e. The molecule has 3 rings (SSSR count). The highest BCUT2D eigenvalue weighted by Crippen LogP contribution is 2.20. The van der Waals surface area contributed by atoms with E-state index in [0.29, 0.717) is 12.5 Å². The molecule has 3 aromatic rings. The van der Waals surface area contributed by atoms with Gasteiger partial charge in [0, 0.05) is 18.3 Å². The van der Waals surface area contributed by atoms with Gasteiger partial charge in [-0.2, -0.15) is 5.10 Å². The smallest absolute Gasteiger partial charge is 0.181 e. The van der Waals surface area contributed by atoms with Crippen molar-refractivity contribution in [2.75, 3.05) is 5.32 Å². The minimum atomic E-state index is 0.486. The monoisotopic (exact) mass is 344 g/mol. The summed E-state index contributed by atoms with van der Waals surface area (Å²) in [6.07, 6.45) is 1.04. The highest BCUT2D eigenvalue weighted by molar-refractivity contribution is 6.71. The van der Waals surface area contributed by atoms with Crippen LogP contribution < -0.4 is 10.8 Å². The average Bonchev–Trinajstić information content (AvgIpc) is 3.04. The van der Waals surface area contributed by atoms with E-state index in [0.717, 1.165) is 29.2 Å². The Hall–Kier alpha value is -2.82. The second kappa shape index (κ2) is 7.60. The Labute approximate surface area is 156 Å². The molecule has 0 unspecified atom stereocenters. The standard InChI is InChI=1S/C21H25BN4/c1-6-16-12-13-18(14-19(16)22(3)4)23-15(2)21-24-20(25-26(21)5)17-10-8-7-9-11-17/h7-14,23H,2,6H2,1,3-5H3. The van der Waals surface area contributed by atoms with Gasteiger partial charge in [-0.15, -0.1) is 0 Å². The molecule has 1 heterocycles. The predicted octanol–water partition coefficient (Wildman–Crippen LogP) is 4.09. The maximum atomic E-state index is 4.66. The van der Waals surface area contributed by atoms with Crippen molar-refractivity contribution in [1.29, 1.82) is 0 Å². The van der Waals surface area contributed by atoms with Gasteiger partial charge in [0.05, 0.1) is 5.70 Å². The third-order valence-electron chi connectivity index (χ3n) is 4.51. The molecule has 0 saturated heterocycles. The molecule has 0 bridgehead atoms. The van der Waals surface area contributed by atoms with E-state index in [1.165, 1.54) is 11.0 Å². The molecule has 0 radical (unpaired) electrons. The third-order valence-corrected chi connectivity index (χ3v) is 4.51. The zero-order valence-corrected chi connectivity index (χ0v) is 16.0. The van der Waals surface area contributed by atoms with E-state index < -0.39 is 0 Å². The molecule has 132 valence electrons. The van der Waals surface area contributed by atoms with Crippen LogP contribution in [-0.4, -0.2) is 21.5 Å². The number of benzene rings is 2. The molecule has 0 fully saturated rings. The SMILES string of the molecule is C=C(Nc1ccc(CC)c(B(C)C)c1)c1nc(-c2ccccc2)nn1C. The zero-order valence-electron chi connectivity index (χ0n) is 16.0. The van der Waals surface area contributed by atoms with Crippen LogP contribution in [0.5, 0.6) is 0 Å². The number of nitrogens with one attached hydrogen (secondary N) is 1. The summed E-state index contributed by atoms with van der Waals surface area (Å²) in [6, 6.07) is 16.5. The van der Waals surface area contributed by atoms with Gasteiger partial charge < -0.3 is 5.32 Å². The molecule has 1 N–H and O–H groups in total. The van der Waals surface area contributed by atoms with E-state index in [9.17, 15) is 0 Å². The van der Waals surface area contributed by atoms with Gasteiger partial charge in [-0.05, 0) is 18.6 Å². The van der Waals surface area contributed by atoms with Gasteiger partial charge in [0.15, 0.2) is 18.4 Å². The Balaban J connectivity index is 1.85. The van der Waals surface area contributed by atoms with Crippen molar-refractivity contribution in [2.24, 2.45) is 7.05 Å². The molecular formula is C21H25BN4. The van der Waals surface area contributed by atoms with Crippen molar-refractivity contribution in [2.45, 2.75) is 27.0 Å². The van der Waals surface area contributed by atoms with Crippen molar-refractivity contribution in [3.05, 3.63) is 66.5 Å². The zero-order chi connectivity index (χ0) is 18.7. The fraction of sp³-hybridized carbons (Fsp3) is 0.238. The minimum absolute atomic E-state index is 0.486. The average molecular weight is 344 g/mol. The summed E-state index contributed by atoms with van der Waals surface area (Å²) in [5, 5.41) is 7.91.